The normalized spacial score (nSPS) is 12.0. The molecule has 7 aromatic carbocycles. The van der Waals surface area contributed by atoms with Gasteiger partial charge in [0, 0.05) is 38.0 Å². The number of para-hydroxylation sites is 3. The van der Waals surface area contributed by atoms with Crippen molar-refractivity contribution in [2.45, 2.75) is 0 Å². The quantitative estimate of drug-likeness (QED) is 0.210. The SMILES string of the molecule is c1cc(-c2ccc3c(c2)c2ccccc2n3-c2ccc3oc4ccccc4c3c2)cc(-c2cccc3oc4ccccc4c23)c1. The van der Waals surface area contributed by atoms with E-state index in [4.69, 9.17) is 8.83 Å². The van der Waals surface area contributed by atoms with Crippen LogP contribution in [-0.4, -0.2) is 4.57 Å². The van der Waals surface area contributed by atoms with Crippen LogP contribution in [-0.2, 0) is 0 Å². The van der Waals surface area contributed by atoms with Crippen molar-refractivity contribution in [1.29, 1.82) is 0 Å². The van der Waals surface area contributed by atoms with Crippen molar-refractivity contribution in [2.75, 3.05) is 0 Å². The Morgan fingerprint density at radius 2 is 1.00 bits per heavy atom. The summed E-state index contributed by atoms with van der Waals surface area (Å²) in [5.74, 6) is 0. The third-order valence-electron chi connectivity index (χ3n) is 9.20. The number of hydrogen-bond donors (Lipinski definition) is 0. The molecule has 210 valence electrons. The predicted molar refractivity (Wildman–Crippen MR) is 186 cm³/mol. The Balaban J connectivity index is 1.15. The number of rotatable bonds is 3. The van der Waals surface area contributed by atoms with Crippen LogP contribution in [0, 0.1) is 0 Å². The van der Waals surface area contributed by atoms with Crippen molar-refractivity contribution in [3.8, 4) is 27.9 Å². The minimum atomic E-state index is 0.905. The van der Waals surface area contributed by atoms with E-state index in [-0.39, 0.29) is 0 Å². The van der Waals surface area contributed by atoms with E-state index in [0.717, 1.165) is 49.6 Å². The summed E-state index contributed by atoms with van der Waals surface area (Å²) in [4.78, 5) is 0. The van der Waals surface area contributed by atoms with E-state index in [1.165, 1.54) is 44.1 Å². The van der Waals surface area contributed by atoms with E-state index in [2.05, 4.69) is 132 Å². The van der Waals surface area contributed by atoms with Crippen molar-refractivity contribution < 1.29 is 8.83 Å². The van der Waals surface area contributed by atoms with E-state index in [9.17, 15) is 0 Å². The molecule has 0 bridgehead atoms. The molecule has 10 rings (SSSR count). The maximum Gasteiger partial charge on any atom is 0.136 e. The molecule has 0 N–H and O–H groups in total. The Bertz CT molecular complexity index is 2770. The number of furan rings is 2. The second-order valence-electron chi connectivity index (χ2n) is 11.7. The molecule has 0 aliphatic heterocycles. The van der Waals surface area contributed by atoms with Crippen molar-refractivity contribution >= 4 is 65.7 Å². The Morgan fingerprint density at radius 3 is 1.91 bits per heavy atom. The first kappa shape index (κ1) is 24.4. The number of hydrogen-bond acceptors (Lipinski definition) is 2. The lowest BCUT2D eigenvalue weighted by Gasteiger charge is -2.10. The van der Waals surface area contributed by atoms with E-state index in [1.54, 1.807) is 0 Å². The average Bonchev–Trinajstić information content (AvgIpc) is 3.77. The van der Waals surface area contributed by atoms with Crippen LogP contribution in [0.1, 0.15) is 0 Å². The van der Waals surface area contributed by atoms with E-state index in [0.29, 0.717) is 0 Å². The van der Waals surface area contributed by atoms with Crippen molar-refractivity contribution in [3.05, 3.63) is 152 Å². The van der Waals surface area contributed by atoms with Gasteiger partial charge in [0.25, 0.3) is 0 Å². The summed E-state index contributed by atoms with van der Waals surface area (Å²) in [5, 5.41) is 7.03. The molecule has 0 unspecified atom stereocenters. The maximum atomic E-state index is 6.19. The van der Waals surface area contributed by atoms with Gasteiger partial charge in [-0.1, -0.05) is 91.0 Å². The molecule has 10 aromatic rings. The van der Waals surface area contributed by atoms with E-state index in [1.807, 2.05) is 24.3 Å². The summed E-state index contributed by atoms with van der Waals surface area (Å²) in [5.41, 5.74) is 11.9. The standard InChI is InChI=1S/C42H25NO2/c1-4-15-36-31(11-1)34-24-27(19-21-37(34)43(36)29-20-22-40-35(25-29)32-12-2-5-16-38(32)44-40)26-9-7-10-28(23-26)30-14-8-18-41-42(30)33-13-3-6-17-39(33)45-41/h1-25H. The summed E-state index contributed by atoms with van der Waals surface area (Å²) in [6.45, 7) is 0. The lowest BCUT2D eigenvalue weighted by atomic mass is 9.95. The highest BCUT2D eigenvalue weighted by molar-refractivity contribution is 6.13. The number of nitrogens with zero attached hydrogens (tertiary/aromatic N) is 1. The minimum Gasteiger partial charge on any atom is -0.456 e. The zero-order valence-electron chi connectivity index (χ0n) is 24.2. The fourth-order valence-electron chi connectivity index (χ4n) is 7.17. The molecule has 0 spiro atoms. The van der Waals surface area contributed by atoms with Gasteiger partial charge < -0.3 is 13.4 Å². The van der Waals surface area contributed by atoms with Crippen LogP contribution in [0.2, 0.25) is 0 Å². The first-order valence-corrected chi connectivity index (χ1v) is 15.3. The highest BCUT2D eigenvalue weighted by Gasteiger charge is 2.16. The molecule has 0 radical (unpaired) electrons. The molecule has 0 amide bonds. The smallest absolute Gasteiger partial charge is 0.136 e. The first-order chi connectivity index (χ1) is 22.3. The van der Waals surface area contributed by atoms with Gasteiger partial charge >= 0.3 is 0 Å². The van der Waals surface area contributed by atoms with Gasteiger partial charge in [-0.25, -0.2) is 0 Å². The minimum absolute atomic E-state index is 0.905. The molecule has 0 saturated heterocycles. The summed E-state index contributed by atoms with van der Waals surface area (Å²) in [7, 11) is 0. The Morgan fingerprint density at radius 1 is 0.356 bits per heavy atom. The number of benzene rings is 7. The second-order valence-corrected chi connectivity index (χ2v) is 11.7. The largest absolute Gasteiger partial charge is 0.456 e. The van der Waals surface area contributed by atoms with Gasteiger partial charge in [-0.3, -0.25) is 0 Å². The van der Waals surface area contributed by atoms with Crippen LogP contribution in [0.4, 0.5) is 0 Å². The molecule has 0 saturated carbocycles. The van der Waals surface area contributed by atoms with Crippen molar-refractivity contribution in [2.24, 2.45) is 0 Å². The molecule has 3 heteroatoms. The molecule has 3 heterocycles. The van der Waals surface area contributed by atoms with Gasteiger partial charge in [0.2, 0.25) is 0 Å². The first-order valence-electron chi connectivity index (χ1n) is 15.3. The highest BCUT2D eigenvalue weighted by atomic mass is 16.3. The summed E-state index contributed by atoms with van der Waals surface area (Å²) in [6, 6.07) is 53.8. The summed E-state index contributed by atoms with van der Waals surface area (Å²) >= 11 is 0. The zero-order valence-corrected chi connectivity index (χ0v) is 24.2. The van der Waals surface area contributed by atoms with Gasteiger partial charge in [-0.05, 0) is 82.9 Å². The molecule has 0 atom stereocenters. The summed E-state index contributed by atoms with van der Waals surface area (Å²) in [6.07, 6.45) is 0. The van der Waals surface area contributed by atoms with Crippen molar-refractivity contribution in [1.82, 2.24) is 4.57 Å². The second kappa shape index (κ2) is 9.22. The van der Waals surface area contributed by atoms with Crippen LogP contribution in [0.5, 0.6) is 0 Å². The average molecular weight is 576 g/mol. The third-order valence-corrected chi connectivity index (χ3v) is 9.20. The predicted octanol–water partition coefficient (Wildman–Crippen LogP) is 11.9. The molecule has 3 nitrogen and oxygen atoms in total. The molecule has 3 aromatic heterocycles. The molecule has 45 heavy (non-hydrogen) atoms. The third kappa shape index (κ3) is 3.58. The molecule has 0 aliphatic carbocycles. The van der Waals surface area contributed by atoms with Crippen LogP contribution >= 0.6 is 0 Å². The highest BCUT2D eigenvalue weighted by Crippen LogP contribution is 2.40. The Labute approximate surface area is 258 Å². The fourth-order valence-corrected chi connectivity index (χ4v) is 7.17. The molecule has 0 fully saturated rings. The zero-order chi connectivity index (χ0) is 29.5. The van der Waals surface area contributed by atoms with Crippen molar-refractivity contribution in [3.63, 3.8) is 0 Å². The van der Waals surface area contributed by atoms with Crippen LogP contribution in [0.25, 0.3) is 93.6 Å². The topological polar surface area (TPSA) is 31.2 Å². The number of aromatic nitrogens is 1. The molecular weight excluding hydrogens is 550 g/mol. The Kier molecular flexibility index (Phi) is 5.00. The van der Waals surface area contributed by atoms with Crippen LogP contribution in [0.3, 0.4) is 0 Å². The monoisotopic (exact) mass is 575 g/mol. The van der Waals surface area contributed by atoms with E-state index < -0.39 is 0 Å². The number of fused-ring (bicyclic) bond motifs is 9. The van der Waals surface area contributed by atoms with Gasteiger partial charge in [0.05, 0.1) is 11.0 Å². The fraction of sp³-hybridized carbons (Fsp3) is 0. The van der Waals surface area contributed by atoms with E-state index >= 15 is 0 Å². The molecular formula is C42H25NO2. The molecule has 0 aliphatic rings. The maximum absolute atomic E-state index is 6.19. The lowest BCUT2D eigenvalue weighted by Crippen LogP contribution is -1.93. The summed E-state index contributed by atoms with van der Waals surface area (Å²) < 4.78 is 14.7. The van der Waals surface area contributed by atoms with Gasteiger partial charge in [-0.2, -0.15) is 0 Å². The lowest BCUT2D eigenvalue weighted by molar-refractivity contribution is 0.668. The van der Waals surface area contributed by atoms with Gasteiger partial charge in [-0.15, -0.1) is 0 Å². The van der Waals surface area contributed by atoms with Gasteiger partial charge in [0.15, 0.2) is 0 Å². The Hall–Kier alpha value is -6.06. The van der Waals surface area contributed by atoms with Crippen LogP contribution in [0.15, 0.2) is 160 Å². The van der Waals surface area contributed by atoms with Crippen LogP contribution < -0.4 is 0 Å². The van der Waals surface area contributed by atoms with Gasteiger partial charge in [0.1, 0.15) is 22.3 Å².